The minimum Gasteiger partial charge on any atom is -0.496 e. The number of morpholine rings is 1. The zero-order chi connectivity index (χ0) is 22.5. The molecule has 0 aliphatic carbocycles. The molecule has 1 N–H and O–H groups in total. The molecule has 1 fully saturated rings. The first-order valence-corrected chi connectivity index (χ1v) is 10.8. The Kier molecular flexibility index (Phi) is 7.04. The minimum absolute atomic E-state index is 0.0934. The third-order valence-electron chi connectivity index (χ3n) is 5.67. The second kappa shape index (κ2) is 10.1. The Labute approximate surface area is 189 Å². The third-order valence-corrected chi connectivity index (χ3v) is 5.67. The Morgan fingerprint density at radius 1 is 1.16 bits per heavy atom. The van der Waals surface area contributed by atoms with Gasteiger partial charge in [0.15, 0.2) is 5.82 Å². The highest BCUT2D eigenvalue weighted by Gasteiger charge is 2.24. The van der Waals surface area contributed by atoms with Gasteiger partial charge in [0.2, 0.25) is 0 Å². The molecular formula is C24H31N5O3. The van der Waals surface area contributed by atoms with E-state index >= 15 is 0 Å². The van der Waals surface area contributed by atoms with Crippen LogP contribution in [0.25, 0.3) is 0 Å². The van der Waals surface area contributed by atoms with E-state index in [2.05, 4.69) is 21.4 Å². The van der Waals surface area contributed by atoms with Gasteiger partial charge in [0.25, 0.3) is 0 Å². The lowest BCUT2D eigenvalue weighted by molar-refractivity contribution is -0.0351. The fourth-order valence-electron chi connectivity index (χ4n) is 3.93. The first-order chi connectivity index (χ1) is 15.6. The van der Waals surface area contributed by atoms with Gasteiger partial charge >= 0.3 is 0 Å². The maximum absolute atomic E-state index is 6.08. The summed E-state index contributed by atoms with van der Waals surface area (Å²) >= 11 is 0. The molecule has 1 saturated heterocycles. The molecule has 3 aromatic rings. The van der Waals surface area contributed by atoms with E-state index in [0.717, 1.165) is 59.5 Å². The van der Waals surface area contributed by atoms with Gasteiger partial charge < -0.3 is 19.5 Å². The maximum atomic E-state index is 6.08. The summed E-state index contributed by atoms with van der Waals surface area (Å²) in [6.07, 6.45) is -0.0934. The molecule has 8 nitrogen and oxygen atoms in total. The summed E-state index contributed by atoms with van der Waals surface area (Å²) in [7, 11) is 5.35. The van der Waals surface area contributed by atoms with Crippen LogP contribution in [0.2, 0.25) is 0 Å². The van der Waals surface area contributed by atoms with Crippen LogP contribution in [-0.2, 0) is 29.7 Å². The Hall–Kier alpha value is -2.94. The molecule has 0 radical (unpaired) electrons. The first-order valence-electron chi connectivity index (χ1n) is 10.8. The van der Waals surface area contributed by atoms with Crippen molar-refractivity contribution >= 4 is 11.6 Å². The quantitative estimate of drug-likeness (QED) is 0.577. The number of hydrogen-bond donors (Lipinski definition) is 1. The molecular weight excluding hydrogens is 406 g/mol. The standard InChI is InChI=1S/C24H31N5O3/c1-17-12-24(27-28(17)2)26-23-7-5-6-20(25-23)22-15-29(10-11-32-22)14-19-13-18(16-30-3)8-9-21(19)31-4/h5-9,12-13,22H,10-11,14-16H2,1-4H3,(H,25,26,27). The van der Waals surface area contributed by atoms with Crippen molar-refractivity contribution in [1.29, 1.82) is 0 Å². The Bertz CT molecular complexity index is 1030. The number of pyridine rings is 1. The molecule has 1 unspecified atom stereocenters. The summed E-state index contributed by atoms with van der Waals surface area (Å²) in [6.45, 7) is 5.67. The van der Waals surface area contributed by atoms with Gasteiger partial charge in [-0.25, -0.2) is 4.98 Å². The number of hydrogen-bond acceptors (Lipinski definition) is 7. The monoisotopic (exact) mass is 437 g/mol. The van der Waals surface area contributed by atoms with Crippen molar-refractivity contribution in [3.63, 3.8) is 0 Å². The van der Waals surface area contributed by atoms with Crippen LogP contribution in [0.1, 0.15) is 28.6 Å². The van der Waals surface area contributed by atoms with Crippen LogP contribution in [0.4, 0.5) is 11.6 Å². The Morgan fingerprint density at radius 2 is 2.03 bits per heavy atom. The zero-order valence-corrected chi connectivity index (χ0v) is 19.2. The summed E-state index contributed by atoms with van der Waals surface area (Å²) in [5, 5.41) is 7.74. The molecule has 1 aromatic carbocycles. The molecule has 4 rings (SSSR count). The molecule has 0 bridgehead atoms. The van der Waals surface area contributed by atoms with Crippen molar-refractivity contribution in [2.45, 2.75) is 26.2 Å². The topological polar surface area (TPSA) is 73.7 Å². The van der Waals surface area contributed by atoms with Gasteiger partial charge in [-0.15, -0.1) is 0 Å². The number of rotatable bonds is 8. The fraction of sp³-hybridized carbons (Fsp3) is 0.417. The molecule has 8 heteroatoms. The van der Waals surface area contributed by atoms with Gasteiger partial charge in [0.1, 0.15) is 17.7 Å². The lowest BCUT2D eigenvalue weighted by Gasteiger charge is -2.33. The molecule has 0 spiro atoms. The number of benzene rings is 1. The molecule has 1 aliphatic rings. The van der Waals surface area contributed by atoms with Crippen molar-refractivity contribution < 1.29 is 14.2 Å². The smallest absolute Gasteiger partial charge is 0.153 e. The number of aryl methyl sites for hydroxylation is 2. The van der Waals surface area contributed by atoms with Crippen LogP contribution >= 0.6 is 0 Å². The van der Waals surface area contributed by atoms with Crippen LogP contribution < -0.4 is 10.1 Å². The number of nitrogens with zero attached hydrogens (tertiary/aromatic N) is 4. The second-order valence-corrected chi connectivity index (χ2v) is 8.04. The molecule has 1 aliphatic heterocycles. The van der Waals surface area contributed by atoms with Crippen LogP contribution in [-0.4, -0.2) is 53.6 Å². The van der Waals surface area contributed by atoms with Crippen LogP contribution in [0.15, 0.2) is 42.5 Å². The summed E-state index contributed by atoms with van der Waals surface area (Å²) in [5.41, 5.74) is 4.28. The second-order valence-electron chi connectivity index (χ2n) is 8.04. The van der Waals surface area contributed by atoms with Crippen molar-refractivity contribution in [3.05, 3.63) is 65.0 Å². The van der Waals surface area contributed by atoms with E-state index in [1.54, 1.807) is 14.2 Å². The SMILES string of the molecule is COCc1ccc(OC)c(CN2CCOC(c3cccc(Nc4cc(C)n(C)n4)n3)C2)c1. The van der Waals surface area contributed by atoms with E-state index in [1.165, 1.54) is 0 Å². The summed E-state index contributed by atoms with van der Waals surface area (Å²) < 4.78 is 18.8. The Morgan fingerprint density at radius 3 is 2.78 bits per heavy atom. The van der Waals surface area contributed by atoms with E-state index < -0.39 is 0 Å². The average Bonchev–Trinajstić information content (AvgIpc) is 3.11. The number of anilines is 2. The highest BCUT2D eigenvalue weighted by atomic mass is 16.5. The molecule has 170 valence electrons. The summed E-state index contributed by atoms with van der Waals surface area (Å²) in [5.74, 6) is 2.43. The number of aromatic nitrogens is 3. The number of ether oxygens (including phenoxy) is 3. The van der Waals surface area contributed by atoms with Crippen LogP contribution in [0, 0.1) is 6.92 Å². The van der Waals surface area contributed by atoms with Gasteiger partial charge in [-0.2, -0.15) is 5.10 Å². The van der Waals surface area contributed by atoms with E-state index in [-0.39, 0.29) is 6.10 Å². The molecule has 0 amide bonds. The molecule has 0 saturated carbocycles. The predicted molar refractivity (Wildman–Crippen MR) is 123 cm³/mol. The zero-order valence-electron chi connectivity index (χ0n) is 19.2. The Balaban J connectivity index is 1.46. The van der Waals surface area contributed by atoms with Crippen molar-refractivity contribution in [3.8, 4) is 5.75 Å². The van der Waals surface area contributed by atoms with E-state index in [9.17, 15) is 0 Å². The predicted octanol–water partition coefficient (Wildman–Crippen LogP) is 3.60. The highest BCUT2D eigenvalue weighted by Crippen LogP contribution is 2.27. The first kappa shape index (κ1) is 22.3. The van der Waals surface area contributed by atoms with E-state index in [0.29, 0.717) is 13.2 Å². The lowest BCUT2D eigenvalue weighted by Crippen LogP contribution is -2.38. The summed E-state index contributed by atoms with van der Waals surface area (Å²) in [6, 6.07) is 14.2. The van der Waals surface area contributed by atoms with Gasteiger partial charge in [-0.05, 0) is 36.8 Å². The number of methoxy groups -OCH3 is 2. The van der Waals surface area contributed by atoms with Gasteiger partial charge in [0, 0.05) is 51.1 Å². The normalized spacial score (nSPS) is 16.8. The van der Waals surface area contributed by atoms with Crippen molar-refractivity contribution in [1.82, 2.24) is 19.7 Å². The lowest BCUT2D eigenvalue weighted by atomic mass is 10.1. The molecule has 2 aromatic heterocycles. The van der Waals surface area contributed by atoms with Crippen LogP contribution in [0.5, 0.6) is 5.75 Å². The molecule has 3 heterocycles. The molecule has 1 atom stereocenters. The fourth-order valence-corrected chi connectivity index (χ4v) is 3.93. The van der Waals surface area contributed by atoms with Crippen LogP contribution in [0.3, 0.4) is 0 Å². The highest BCUT2D eigenvalue weighted by molar-refractivity contribution is 5.52. The van der Waals surface area contributed by atoms with Gasteiger partial charge in [-0.3, -0.25) is 9.58 Å². The molecule has 32 heavy (non-hydrogen) atoms. The maximum Gasteiger partial charge on any atom is 0.153 e. The summed E-state index contributed by atoms with van der Waals surface area (Å²) in [4.78, 5) is 7.17. The van der Waals surface area contributed by atoms with E-state index in [1.807, 2.05) is 55.1 Å². The number of nitrogens with one attached hydrogen (secondary N) is 1. The van der Waals surface area contributed by atoms with Crippen molar-refractivity contribution in [2.24, 2.45) is 7.05 Å². The third kappa shape index (κ3) is 5.27. The van der Waals surface area contributed by atoms with Gasteiger partial charge in [0.05, 0.1) is 26.0 Å². The largest absolute Gasteiger partial charge is 0.496 e. The van der Waals surface area contributed by atoms with E-state index in [4.69, 9.17) is 19.2 Å². The average molecular weight is 438 g/mol. The van der Waals surface area contributed by atoms with Crippen molar-refractivity contribution in [2.75, 3.05) is 39.2 Å². The minimum atomic E-state index is -0.0934. The van der Waals surface area contributed by atoms with Gasteiger partial charge in [-0.1, -0.05) is 12.1 Å².